The van der Waals surface area contributed by atoms with Gasteiger partial charge in [0, 0.05) is 6.08 Å². The summed E-state index contributed by atoms with van der Waals surface area (Å²) < 4.78 is 4.88. The molecule has 2 nitrogen and oxygen atoms in total. The quantitative estimate of drug-likeness (QED) is 0.242. The highest BCUT2D eigenvalue weighted by Crippen LogP contribution is 2.03. The van der Waals surface area contributed by atoms with Crippen LogP contribution in [0.4, 0.5) is 0 Å². The molecule has 0 aromatic rings. The van der Waals surface area contributed by atoms with Crippen LogP contribution in [0.2, 0.25) is 0 Å². The molecule has 0 heterocycles. The molecule has 0 aliphatic carbocycles. The van der Waals surface area contributed by atoms with Gasteiger partial charge < -0.3 is 4.74 Å². The molecule has 2 heteroatoms. The van der Waals surface area contributed by atoms with Gasteiger partial charge >= 0.3 is 5.97 Å². The van der Waals surface area contributed by atoms with Gasteiger partial charge in [0.2, 0.25) is 0 Å². The van der Waals surface area contributed by atoms with Crippen LogP contribution >= 0.6 is 0 Å². The largest absolute Gasteiger partial charge is 0.463 e. The van der Waals surface area contributed by atoms with E-state index in [4.69, 9.17) is 4.74 Å². The Kier molecular flexibility index (Phi) is 11.2. The van der Waals surface area contributed by atoms with Crippen molar-refractivity contribution in [1.29, 1.82) is 0 Å². The first-order chi connectivity index (χ1) is 7.81. The molecule has 0 fully saturated rings. The Labute approximate surface area is 99.4 Å². The number of hydrogen-bond acceptors (Lipinski definition) is 2. The van der Waals surface area contributed by atoms with Gasteiger partial charge in [-0.1, -0.05) is 38.5 Å². The van der Waals surface area contributed by atoms with Crippen LogP contribution in [0.3, 0.4) is 0 Å². The highest BCUT2D eigenvalue weighted by atomic mass is 16.5. The molecule has 0 atom stereocenters. The zero-order valence-corrected chi connectivity index (χ0v) is 10.4. The molecule has 0 spiro atoms. The summed E-state index contributed by atoms with van der Waals surface area (Å²) in [4.78, 5) is 10.7. The van der Waals surface area contributed by atoms with E-state index in [2.05, 4.69) is 25.7 Å². The third kappa shape index (κ3) is 11.0. The number of unbranched alkanes of at least 4 members (excludes halogenated alkanes) is 5. The summed E-state index contributed by atoms with van der Waals surface area (Å²) in [7, 11) is 0. The van der Waals surface area contributed by atoms with Crippen LogP contribution in [0.15, 0.2) is 24.8 Å². The van der Waals surface area contributed by atoms with Crippen LogP contribution in [0.1, 0.15) is 51.9 Å². The lowest BCUT2D eigenvalue weighted by atomic mass is 10.1. The molecule has 0 aliphatic heterocycles. The predicted molar refractivity (Wildman–Crippen MR) is 68.3 cm³/mol. The zero-order valence-electron chi connectivity index (χ0n) is 10.4. The van der Waals surface area contributed by atoms with Crippen LogP contribution in [-0.2, 0) is 9.53 Å². The molecular weight excluding hydrogens is 200 g/mol. The summed E-state index contributed by atoms with van der Waals surface area (Å²) in [5, 5.41) is 0. The molecule has 0 unspecified atom stereocenters. The average Bonchev–Trinajstić information content (AvgIpc) is 2.31. The number of carbonyl (C=O) groups is 1. The van der Waals surface area contributed by atoms with E-state index < -0.39 is 0 Å². The van der Waals surface area contributed by atoms with Crippen molar-refractivity contribution in [3.63, 3.8) is 0 Å². The van der Waals surface area contributed by atoms with Crippen molar-refractivity contribution in [1.82, 2.24) is 0 Å². The second-order valence-corrected chi connectivity index (χ2v) is 3.83. The molecule has 0 aromatic carbocycles. The van der Waals surface area contributed by atoms with E-state index in [1.807, 2.05) is 0 Å². The Morgan fingerprint density at radius 1 is 1.12 bits per heavy atom. The highest BCUT2D eigenvalue weighted by Gasteiger charge is 1.94. The molecule has 0 radical (unpaired) electrons. The van der Waals surface area contributed by atoms with Crippen molar-refractivity contribution in [3.8, 4) is 0 Å². The van der Waals surface area contributed by atoms with E-state index >= 15 is 0 Å². The van der Waals surface area contributed by atoms with Crippen molar-refractivity contribution in [3.05, 3.63) is 24.8 Å². The number of hydrogen-bond donors (Lipinski definition) is 0. The lowest BCUT2D eigenvalue weighted by Gasteiger charge is -2.00. The van der Waals surface area contributed by atoms with Crippen molar-refractivity contribution in [2.24, 2.45) is 0 Å². The van der Waals surface area contributed by atoms with Crippen LogP contribution in [0.25, 0.3) is 0 Å². The van der Waals surface area contributed by atoms with Gasteiger partial charge in [0.25, 0.3) is 0 Å². The SMILES string of the molecule is C=CC(=O)OCCCCC/C=C/CCCC. The maximum absolute atomic E-state index is 10.7. The lowest BCUT2D eigenvalue weighted by molar-refractivity contribution is -0.137. The minimum Gasteiger partial charge on any atom is -0.463 e. The van der Waals surface area contributed by atoms with Gasteiger partial charge in [0.1, 0.15) is 0 Å². The smallest absolute Gasteiger partial charge is 0.330 e. The first-order valence-electron chi connectivity index (χ1n) is 6.25. The van der Waals surface area contributed by atoms with E-state index in [0.29, 0.717) is 6.61 Å². The zero-order chi connectivity index (χ0) is 12.1. The lowest BCUT2D eigenvalue weighted by Crippen LogP contribution is -2.01. The minimum atomic E-state index is -0.320. The Bertz CT molecular complexity index is 207. The topological polar surface area (TPSA) is 26.3 Å². The Morgan fingerprint density at radius 2 is 1.81 bits per heavy atom. The minimum absolute atomic E-state index is 0.320. The van der Waals surface area contributed by atoms with E-state index in [-0.39, 0.29) is 5.97 Å². The molecule has 92 valence electrons. The first-order valence-corrected chi connectivity index (χ1v) is 6.25. The molecule has 16 heavy (non-hydrogen) atoms. The monoisotopic (exact) mass is 224 g/mol. The summed E-state index contributed by atoms with van der Waals surface area (Å²) in [6, 6.07) is 0. The fourth-order valence-electron chi connectivity index (χ4n) is 1.33. The number of carbonyl (C=O) groups excluding carboxylic acids is 1. The van der Waals surface area contributed by atoms with Gasteiger partial charge in [-0.15, -0.1) is 0 Å². The molecule has 0 saturated heterocycles. The standard InChI is InChI=1S/C14H24O2/c1-3-5-6-7-8-9-10-11-12-13-16-14(15)4-2/h4,7-8H,2-3,5-6,9-13H2,1H3/b8-7+. The second-order valence-electron chi connectivity index (χ2n) is 3.83. The van der Waals surface area contributed by atoms with E-state index in [1.54, 1.807) is 0 Å². The van der Waals surface area contributed by atoms with E-state index in [1.165, 1.54) is 31.8 Å². The third-order valence-corrected chi connectivity index (χ3v) is 2.32. The molecule has 0 amide bonds. The van der Waals surface area contributed by atoms with Gasteiger partial charge in [-0.3, -0.25) is 0 Å². The molecule has 0 aromatic heterocycles. The van der Waals surface area contributed by atoms with E-state index in [9.17, 15) is 4.79 Å². The van der Waals surface area contributed by atoms with Crippen LogP contribution in [-0.4, -0.2) is 12.6 Å². The Hall–Kier alpha value is -1.05. The van der Waals surface area contributed by atoms with E-state index in [0.717, 1.165) is 19.3 Å². The Morgan fingerprint density at radius 3 is 2.44 bits per heavy atom. The summed E-state index contributed by atoms with van der Waals surface area (Å²) in [6.45, 7) is 6.07. The van der Waals surface area contributed by atoms with Crippen LogP contribution in [0.5, 0.6) is 0 Å². The third-order valence-electron chi connectivity index (χ3n) is 2.32. The van der Waals surface area contributed by atoms with Crippen LogP contribution in [0, 0.1) is 0 Å². The molecule has 0 N–H and O–H groups in total. The first kappa shape index (κ1) is 14.9. The summed E-state index contributed by atoms with van der Waals surface area (Å²) >= 11 is 0. The fourth-order valence-corrected chi connectivity index (χ4v) is 1.33. The fraction of sp³-hybridized carbons (Fsp3) is 0.643. The van der Waals surface area contributed by atoms with Gasteiger partial charge in [-0.05, 0) is 32.1 Å². The van der Waals surface area contributed by atoms with Gasteiger partial charge in [-0.25, -0.2) is 4.79 Å². The molecule has 0 bridgehead atoms. The maximum Gasteiger partial charge on any atom is 0.330 e. The predicted octanol–water partition coefficient (Wildman–Crippen LogP) is 4.02. The van der Waals surface area contributed by atoms with Crippen molar-refractivity contribution in [2.45, 2.75) is 51.9 Å². The molecule has 0 saturated carbocycles. The van der Waals surface area contributed by atoms with Crippen molar-refractivity contribution < 1.29 is 9.53 Å². The van der Waals surface area contributed by atoms with Gasteiger partial charge in [-0.2, -0.15) is 0 Å². The van der Waals surface area contributed by atoms with Gasteiger partial charge in [0.05, 0.1) is 6.61 Å². The normalized spacial score (nSPS) is 10.6. The van der Waals surface area contributed by atoms with Crippen molar-refractivity contribution in [2.75, 3.05) is 6.61 Å². The number of ether oxygens (including phenoxy) is 1. The number of allylic oxidation sites excluding steroid dienone is 2. The Balaban J connectivity index is 3.12. The summed E-state index contributed by atoms with van der Waals surface area (Å²) in [6.07, 6.45) is 13.8. The average molecular weight is 224 g/mol. The summed E-state index contributed by atoms with van der Waals surface area (Å²) in [5.74, 6) is -0.320. The molecule has 0 aliphatic rings. The summed E-state index contributed by atoms with van der Waals surface area (Å²) in [5.41, 5.74) is 0. The molecular formula is C14H24O2. The number of rotatable bonds is 10. The second kappa shape index (κ2) is 12.0. The van der Waals surface area contributed by atoms with Crippen molar-refractivity contribution >= 4 is 5.97 Å². The number of esters is 1. The maximum atomic E-state index is 10.7. The highest BCUT2D eigenvalue weighted by molar-refractivity contribution is 5.81. The molecule has 0 rings (SSSR count). The van der Waals surface area contributed by atoms with Gasteiger partial charge in [0.15, 0.2) is 0 Å². The van der Waals surface area contributed by atoms with Crippen LogP contribution < -0.4 is 0 Å².